The first-order valence-electron chi connectivity index (χ1n) is 10.7. The van der Waals surface area contributed by atoms with Gasteiger partial charge in [-0.15, -0.1) is 0 Å². The molecule has 1 aromatic carbocycles. The van der Waals surface area contributed by atoms with Gasteiger partial charge in [-0.1, -0.05) is 18.2 Å². The van der Waals surface area contributed by atoms with Gasteiger partial charge in [-0.05, 0) is 36.4 Å². The quantitative estimate of drug-likeness (QED) is 0.649. The number of ether oxygens (including phenoxy) is 1. The van der Waals surface area contributed by atoms with E-state index in [1.54, 1.807) is 4.90 Å². The molecule has 0 spiro atoms. The zero-order chi connectivity index (χ0) is 21.4. The lowest BCUT2D eigenvalue weighted by Crippen LogP contribution is -2.40. The smallest absolute Gasteiger partial charge is 0.270 e. The summed E-state index contributed by atoms with van der Waals surface area (Å²) in [6.45, 7) is 2.73. The number of likely N-dealkylation sites (tertiary alicyclic amines) is 1. The summed E-state index contributed by atoms with van der Waals surface area (Å²) in [6, 6.07) is 11.9. The summed E-state index contributed by atoms with van der Waals surface area (Å²) in [6.07, 6.45) is 3.16. The van der Waals surface area contributed by atoms with Crippen molar-refractivity contribution < 1.29 is 17.9 Å². The number of H-pyrrole nitrogens is 2. The number of fused-ring (bicyclic) bond motifs is 1. The van der Waals surface area contributed by atoms with Crippen LogP contribution in [-0.2, 0) is 14.8 Å². The lowest BCUT2D eigenvalue weighted by atomic mass is 9.93. The van der Waals surface area contributed by atoms with Crippen LogP contribution in [0.15, 0.2) is 47.5 Å². The number of aromatic amines is 2. The molecule has 9 heteroatoms. The van der Waals surface area contributed by atoms with Gasteiger partial charge in [0, 0.05) is 49.5 Å². The molecule has 2 aliphatic heterocycles. The fourth-order valence-electron chi connectivity index (χ4n) is 4.46. The number of hydrogen-bond donors (Lipinski definition) is 2. The molecule has 4 heterocycles. The average Bonchev–Trinajstić information content (AvgIpc) is 3.47. The molecule has 2 N–H and O–H groups in total. The predicted molar refractivity (Wildman–Crippen MR) is 117 cm³/mol. The van der Waals surface area contributed by atoms with Crippen LogP contribution in [0.25, 0.3) is 10.9 Å². The first-order chi connectivity index (χ1) is 15.0. The summed E-state index contributed by atoms with van der Waals surface area (Å²) >= 11 is 0. The van der Waals surface area contributed by atoms with Crippen molar-refractivity contribution in [2.45, 2.75) is 23.7 Å². The molecule has 164 valence electrons. The molecule has 0 radical (unpaired) electrons. The largest absolute Gasteiger partial charge is 0.379 e. The molecule has 0 bridgehead atoms. The van der Waals surface area contributed by atoms with E-state index in [0.29, 0.717) is 51.0 Å². The Bertz CT molecular complexity index is 1150. The van der Waals surface area contributed by atoms with Crippen LogP contribution in [0.2, 0.25) is 0 Å². The maximum atomic E-state index is 13.0. The van der Waals surface area contributed by atoms with E-state index in [2.05, 4.69) is 28.2 Å². The van der Waals surface area contributed by atoms with Crippen molar-refractivity contribution in [3.05, 3.63) is 54.0 Å². The minimum Gasteiger partial charge on any atom is -0.379 e. The number of nitrogens with one attached hydrogen (secondary N) is 2. The number of carbonyl (C=O) groups excluding carboxylic acids is 1. The van der Waals surface area contributed by atoms with Gasteiger partial charge in [0.2, 0.25) is 10.0 Å². The van der Waals surface area contributed by atoms with Gasteiger partial charge in [0.1, 0.15) is 10.6 Å². The molecule has 1 amide bonds. The number of sulfonamides is 1. The van der Waals surface area contributed by atoms with E-state index in [0.717, 1.165) is 18.4 Å². The molecule has 0 unspecified atom stereocenters. The maximum absolute atomic E-state index is 13.0. The minimum atomic E-state index is -3.62. The zero-order valence-corrected chi connectivity index (χ0v) is 18.0. The Morgan fingerprint density at radius 1 is 1.03 bits per heavy atom. The summed E-state index contributed by atoms with van der Waals surface area (Å²) in [4.78, 5) is 21.3. The molecule has 2 saturated heterocycles. The van der Waals surface area contributed by atoms with Crippen molar-refractivity contribution in [3.8, 4) is 0 Å². The monoisotopic (exact) mass is 442 g/mol. The molecule has 0 aliphatic carbocycles. The standard InChI is InChI=1S/C22H26N4O4S/c27-22(21-14-18(15-23-21)31(28,29)26-9-11-30-12-10-26)25-7-5-16(6-8-25)20-13-17-3-1-2-4-19(17)24-20/h1-4,13-16,23-24H,5-12H2. The molecular formula is C22H26N4O4S. The van der Waals surface area contributed by atoms with Crippen LogP contribution in [0.3, 0.4) is 0 Å². The van der Waals surface area contributed by atoms with Gasteiger partial charge in [-0.2, -0.15) is 4.31 Å². The zero-order valence-electron chi connectivity index (χ0n) is 17.2. The van der Waals surface area contributed by atoms with Crippen LogP contribution in [0, 0.1) is 0 Å². The third kappa shape index (κ3) is 3.88. The highest BCUT2D eigenvalue weighted by Gasteiger charge is 2.30. The Labute approximate surface area is 181 Å². The number of hydrogen-bond acceptors (Lipinski definition) is 4. The molecule has 31 heavy (non-hydrogen) atoms. The van der Waals surface area contributed by atoms with E-state index in [4.69, 9.17) is 4.74 Å². The highest BCUT2D eigenvalue weighted by molar-refractivity contribution is 7.89. The average molecular weight is 443 g/mol. The van der Waals surface area contributed by atoms with Crippen molar-refractivity contribution in [1.82, 2.24) is 19.2 Å². The molecule has 2 aromatic heterocycles. The number of piperidine rings is 1. The van der Waals surface area contributed by atoms with Crippen molar-refractivity contribution >= 4 is 26.8 Å². The van der Waals surface area contributed by atoms with E-state index >= 15 is 0 Å². The molecular weight excluding hydrogens is 416 g/mol. The number of rotatable bonds is 4. The molecule has 3 aromatic rings. The maximum Gasteiger partial charge on any atom is 0.270 e. The van der Waals surface area contributed by atoms with Crippen LogP contribution in [0.1, 0.15) is 34.9 Å². The predicted octanol–water partition coefficient (Wildman–Crippen LogP) is 2.54. The molecule has 8 nitrogen and oxygen atoms in total. The van der Waals surface area contributed by atoms with Crippen molar-refractivity contribution in [1.29, 1.82) is 0 Å². The SMILES string of the molecule is O=C(c1cc(S(=O)(=O)N2CCOCC2)c[nH]1)N1CCC(c2cc3ccccc3[nH]2)CC1. The molecule has 0 atom stereocenters. The minimum absolute atomic E-state index is 0.130. The van der Waals surface area contributed by atoms with E-state index < -0.39 is 10.0 Å². The van der Waals surface area contributed by atoms with Crippen LogP contribution in [0.4, 0.5) is 0 Å². The Morgan fingerprint density at radius 2 is 1.77 bits per heavy atom. The number of para-hydroxylation sites is 1. The summed E-state index contributed by atoms with van der Waals surface area (Å²) in [5.74, 6) is 0.232. The van der Waals surface area contributed by atoms with Gasteiger partial charge < -0.3 is 19.6 Å². The van der Waals surface area contributed by atoms with E-state index in [-0.39, 0.29) is 10.8 Å². The van der Waals surface area contributed by atoms with E-state index in [1.165, 1.54) is 27.6 Å². The number of morpholine rings is 1. The number of amides is 1. The van der Waals surface area contributed by atoms with Gasteiger partial charge in [0.05, 0.1) is 13.2 Å². The highest BCUT2D eigenvalue weighted by Crippen LogP contribution is 2.30. The lowest BCUT2D eigenvalue weighted by molar-refractivity contribution is 0.0706. The summed E-state index contributed by atoms with van der Waals surface area (Å²) in [7, 11) is -3.62. The Morgan fingerprint density at radius 3 is 2.52 bits per heavy atom. The first-order valence-corrected chi connectivity index (χ1v) is 12.1. The molecule has 0 saturated carbocycles. The van der Waals surface area contributed by atoms with Gasteiger partial charge in [0.25, 0.3) is 5.91 Å². The van der Waals surface area contributed by atoms with Crippen LogP contribution >= 0.6 is 0 Å². The van der Waals surface area contributed by atoms with Gasteiger partial charge >= 0.3 is 0 Å². The molecule has 2 aliphatic rings. The second-order valence-corrected chi connectivity index (χ2v) is 10.1. The first kappa shape index (κ1) is 20.3. The van der Waals surface area contributed by atoms with Crippen LogP contribution in [0.5, 0.6) is 0 Å². The Kier molecular flexibility index (Phi) is 5.33. The van der Waals surface area contributed by atoms with E-state index in [1.807, 2.05) is 12.1 Å². The fraction of sp³-hybridized carbons (Fsp3) is 0.409. The summed E-state index contributed by atoms with van der Waals surface area (Å²) in [5.41, 5.74) is 2.67. The molecule has 5 rings (SSSR count). The third-order valence-corrected chi connectivity index (χ3v) is 8.14. The van der Waals surface area contributed by atoms with Crippen molar-refractivity contribution in [2.24, 2.45) is 0 Å². The number of aromatic nitrogens is 2. The second kappa shape index (κ2) is 8.14. The van der Waals surface area contributed by atoms with Gasteiger partial charge in [-0.25, -0.2) is 8.42 Å². The van der Waals surface area contributed by atoms with Crippen molar-refractivity contribution in [2.75, 3.05) is 39.4 Å². The summed E-state index contributed by atoms with van der Waals surface area (Å²) in [5, 5.41) is 1.20. The number of benzene rings is 1. The lowest BCUT2D eigenvalue weighted by Gasteiger charge is -2.31. The summed E-state index contributed by atoms with van der Waals surface area (Å²) < 4.78 is 32.2. The van der Waals surface area contributed by atoms with Gasteiger partial charge in [0.15, 0.2) is 0 Å². The third-order valence-electron chi connectivity index (χ3n) is 6.27. The Hall–Kier alpha value is -2.62. The van der Waals surface area contributed by atoms with Gasteiger partial charge in [-0.3, -0.25) is 4.79 Å². The van der Waals surface area contributed by atoms with Crippen LogP contribution in [-0.4, -0.2) is 72.9 Å². The second-order valence-electron chi connectivity index (χ2n) is 8.14. The topological polar surface area (TPSA) is 98.5 Å². The van der Waals surface area contributed by atoms with E-state index in [9.17, 15) is 13.2 Å². The molecule has 2 fully saturated rings. The normalized spacial score (nSPS) is 19.2. The Balaban J connectivity index is 1.24. The fourth-order valence-corrected chi connectivity index (χ4v) is 5.87. The highest BCUT2D eigenvalue weighted by atomic mass is 32.2. The number of nitrogens with zero attached hydrogens (tertiary/aromatic N) is 2. The van der Waals surface area contributed by atoms with Crippen LogP contribution < -0.4 is 0 Å². The number of carbonyl (C=O) groups is 1. The van der Waals surface area contributed by atoms with Crippen molar-refractivity contribution in [3.63, 3.8) is 0 Å².